The molecule has 0 radical (unpaired) electrons. The van der Waals surface area contributed by atoms with E-state index in [0.29, 0.717) is 6.61 Å². The molecule has 0 saturated heterocycles. The first-order valence-corrected chi connectivity index (χ1v) is 6.63. The molecule has 1 rings (SSSR count). The predicted molar refractivity (Wildman–Crippen MR) is 75.6 cm³/mol. The van der Waals surface area contributed by atoms with Crippen LogP contribution in [0.1, 0.15) is 18.1 Å². The molecule has 0 unspecified atom stereocenters. The van der Waals surface area contributed by atoms with Crippen molar-refractivity contribution >= 4 is 11.9 Å². The van der Waals surface area contributed by atoms with Crippen LogP contribution in [0, 0.1) is 0 Å². The van der Waals surface area contributed by atoms with Crippen LogP contribution in [0.5, 0.6) is 0 Å². The maximum atomic E-state index is 12.1. The largest absolute Gasteiger partial charge is 0.480 e. The molecule has 0 aliphatic heterocycles. The third-order valence-electron chi connectivity index (χ3n) is 3.03. The van der Waals surface area contributed by atoms with Crippen molar-refractivity contribution in [1.82, 2.24) is 4.90 Å². The Morgan fingerprint density at radius 2 is 1.80 bits per heavy atom. The molecule has 0 bridgehead atoms. The van der Waals surface area contributed by atoms with Crippen LogP contribution in [0.3, 0.4) is 0 Å². The maximum absolute atomic E-state index is 12.1. The highest BCUT2D eigenvalue weighted by Crippen LogP contribution is 2.07. The molecule has 1 N–H and O–H groups in total. The van der Waals surface area contributed by atoms with Crippen molar-refractivity contribution < 1.29 is 19.4 Å². The summed E-state index contributed by atoms with van der Waals surface area (Å²) in [4.78, 5) is 24.2. The van der Waals surface area contributed by atoms with E-state index in [1.165, 1.54) is 17.6 Å². The third kappa shape index (κ3) is 5.40. The van der Waals surface area contributed by atoms with Crippen LogP contribution in [0.2, 0.25) is 0 Å². The highest BCUT2D eigenvalue weighted by molar-refractivity contribution is 5.83. The Kier molecular flexibility index (Phi) is 6.73. The number of carbonyl (C=O) groups is 2. The monoisotopic (exact) mass is 279 g/mol. The van der Waals surface area contributed by atoms with Gasteiger partial charge in [0.25, 0.3) is 0 Å². The van der Waals surface area contributed by atoms with Crippen LogP contribution in [0.4, 0.5) is 0 Å². The molecular formula is C15H21NO4. The number of hydrogen-bond acceptors (Lipinski definition) is 3. The van der Waals surface area contributed by atoms with Gasteiger partial charge in [-0.1, -0.05) is 31.2 Å². The first kappa shape index (κ1) is 16.2. The van der Waals surface area contributed by atoms with E-state index >= 15 is 0 Å². The smallest absolute Gasteiger partial charge is 0.323 e. The molecule has 1 amide bonds. The fourth-order valence-electron chi connectivity index (χ4n) is 1.84. The summed E-state index contributed by atoms with van der Waals surface area (Å²) in [5.74, 6) is -1.22. The number of amides is 1. The Hall–Kier alpha value is -1.88. The fourth-order valence-corrected chi connectivity index (χ4v) is 1.84. The normalized spacial score (nSPS) is 10.3. The summed E-state index contributed by atoms with van der Waals surface area (Å²) in [6.45, 7) is 2.39. The number of nitrogens with zero attached hydrogens (tertiary/aromatic N) is 1. The Labute approximate surface area is 119 Å². The van der Waals surface area contributed by atoms with E-state index in [4.69, 9.17) is 9.84 Å². The molecule has 0 aliphatic rings. The molecule has 0 heterocycles. The molecular weight excluding hydrogens is 258 g/mol. The zero-order valence-corrected chi connectivity index (χ0v) is 12.0. The van der Waals surface area contributed by atoms with E-state index in [2.05, 4.69) is 6.92 Å². The van der Waals surface area contributed by atoms with Crippen LogP contribution in [0.15, 0.2) is 24.3 Å². The summed E-state index contributed by atoms with van der Waals surface area (Å²) in [6.07, 6.45) is 1.16. The number of carboxylic acids is 1. The SMILES string of the molecule is CCc1ccc(CC(=O)N(CCOC)CC(=O)O)cc1. The highest BCUT2D eigenvalue weighted by atomic mass is 16.5. The Morgan fingerprint density at radius 1 is 1.20 bits per heavy atom. The lowest BCUT2D eigenvalue weighted by Crippen LogP contribution is -2.38. The molecule has 5 nitrogen and oxygen atoms in total. The lowest BCUT2D eigenvalue weighted by Gasteiger charge is -2.20. The van der Waals surface area contributed by atoms with E-state index in [9.17, 15) is 9.59 Å². The van der Waals surface area contributed by atoms with Gasteiger partial charge in [0.15, 0.2) is 0 Å². The van der Waals surface area contributed by atoms with Gasteiger partial charge >= 0.3 is 5.97 Å². The Balaban J connectivity index is 2.65. The quantitative estimate of drug-likeness (QED) is 0.780. The van der Waals surface area contributed by atoms with Crippen molar-refractivity contribution in [1.29, 1.82) is 0 Å². The van der Waals surface area contributed by atoms with E-state index in [-0.39, 0.29) is 25.4 Å². The predicted octanol–water partition coefficient (Wildman–Crippen LogP) is 1.35. The molecule has 0 saturated carbocycles. The lowest BCUT2D eigenvalue weighted by molar-refractivity contribution is -0.144. The standard InChI is InChI=1S/C15H21NO4/c1-3-12-4-6-13(7-5-12)10-14(17)16(8-9-20-2)11-15(18)19/h4-7H,3,8-11H2,1-2H3,(H,18,19). The molecule has 1 aromatic carbocycles. The minimum atomic E-state index is -1.02. The van der Waals surface area contributed by atoms with Crippen LogP contribution in [-0.2, 0) is 27.2 Å². The van der Waals surface area contributed by atoms with E-state index in [1.54, 1.807) is 0 Å². The number of ether oxygens (including phenoxy) is 1. The number of aryl methyl sites for hydroxylation is 1. The second-order valence-electron chi connectivity index (χ2n) is 4.55. The summed E-state index contributed by atoms with van der Waals surface area (Å²) in [5, 5.41) is 8.83. The molecule has 5 heteroatoms. The molecule has 20 heavy (non-hydrogen) atoms. The number of hydrogen-bond donors (Lipinski definition) is 1. The van der Waals surface area contributed by atoms with E-state index in [0.717, 1.165) is 12.0 Å². The van der Waals surface area contributed by atoms with Gasteiger partial charge in [-0.2, -0.15) is 0 Å². The van der Waals surface area contributed by atoms with Gasteiger partial charge in [-0.25, -0.2) is 0 Å². The van der Waals surface area contributed by atoms with E-state index < -0.39 is 5.97 Å². The number of aliphatic carboxylic acids is 1. The molecule has 0 aromatic heterocycles. The van der Waals surface area contributed by atoms with Crippen LogP contribution in [-0.4, -0.2) is 48.7 Å². The zero-order chi connectivity index (χ0) is 15.0. The van der Waals surface area contributed by atoms with Crippen molar-refractivity contribution in [3.8, 4) is 0 Å². The summed E-state index contributed by atoms with van der Waals surface area (Å²) in [5.41, 5.74) is 2.10. The maximum Gasteiger partial charge on any atom is 0.323 e. The number of methoxy groups -OCH3 is 1. The fraction of sp³-hybridized carbons (Fsp3) is 0.467. The van der Waals surface area contributed by atoms with Gasteiger partial charge in [0, 0.05) is 13.7 Å². The van der Waals surface area contributed by atoms with Crippen LogP contribution >= 0.6 is 0 Å². The van der Waals surface area contributed by atoms with Gasteiger partial charge in [-0.05, 0) is 17.5 Å². The van der Waals surface area contributed by atoms with Crippen molar-refractivity contribution in [3.63, 3.8) is 0 Å². The van der Waals surface area contributed by atoms with Crippen molar-refractivity contribution in [2.75, 3.05) is 26.8 Å². The van der Waals surface area contributed by atoms with Gasteiger partial charge in [0.1, 0.15) is 6.54 Å². The Morgan fingerprint density at radius 3 is 2.30 bits per heavy atom. The van der Waals surface area contributed by atoms with Crippen LogP contribution in [0.25, 0.3) is 0 Å². The number of carbonyl (C=O) groups excluding carboxylic acids is 1. The van der Waals surface area contributed by atoms with Gasteiger partial charge < -0.3 is 14.7 Å². The minimum Gasteiger partial charge on any atom is -0.480 e. The van der Waals surface area contributed by atoms with Gasteiger partial charge in [-0.3, -0.25) is 9.59 Å². The average molecular weight is 279 g/mol. The summed E-state index contributed by atoms with van der Waals surface area (Å²) < 4.78 is 4.90. The topological polar surface area (TPSA) is 66.8 Å². The number of rotatable bonds is 8. The highest BCUT2D eigenvalue weighted by Gasteiger charge is 2.16. The second-order valence-corrected chi connectivity index (χ2v) is 4.55. The first-order valence-electron chi connectivity index (χ1n) is 6.63. The zero-order valence-electron chi connectivity index (χ0n) is 12.0. The average Bonchev–Trinajstić information content (AvgIpc) is 2.43. The van der Waals surface area contributed by atoms with Crippen molar-refractivity contribution in [3.05, 3.63) is 35.4 Å². The minimum absolute atomic E-state index is 0.200. The van der Waals surface area contributed by atoms with Gasteiger partial charge in [0.05, 0.1) is 13.0 Å². The molecule has 0 fully saturated rings. The third-order valence-corrected chi connectivity index (χ3v) is 3.03. The summed E-state index contributed by atoms with van der Waals surface area (Å²) in [6, 6.07) is 7.79. The lowest BCUT2D eigenvalue weighted by atomic mass is 10.1. The molecule has 0 spiro atoms. The summed E-state index contributed by atoms with van der Waals surface area (Å²) >= 11 is 0. The number of carboxylic acid groups (broad SMARTS) is 1. The molecule has 0 atom stereocenters. The van der Waals surface area contributed by atoms with Crippen LogP contribution < -0.4 is 0 Å². The summed E-state index contributed by atoms with van der Waals surface area (Å²) in [7, 11) is 1.52. The Bertz CT molecular complexity index is 442. The van der Waals surface area contributed by atoms with E-state index in [1.807, 2.05) is 24.3 Å². The van der Waals surface area contributed by atoms with Gasteiger partial charge in [-0.15, -0.1) is 0 Å². The van der Waals surface area contributed by atoms with Gasteiger partial charge in [0.2, 0.25) is 5.91 Å². The molecule has 110 valence electrons. The molecule has 0 aliphatic carbocycles. The first-order chi connectivity index (χ1) is 9.56. The molecule has 1 aromatic rings. The second kappa shape index (κ2) is 8.32. The number of benzene rings is 1. The van der Waals surface area contributed by atoms with Crippen molar-refractivity contribution in [2.45, 2.75) is 19.8 Å². The van der Waals surface area contributed by atoms with Crippen molar-refractivity contribution in [2.24, 2.45) is 0 Å².